The fourth-order valence-corrected chi connectivity index (χ4v) is 8.59. The summed E-state index contributed by atoms with van der Waals surface area (Å²) in [5.74, 6) is 3.82. The summed E-state index contributed by atoms with van der Waals surface area (Å²) in [5, 5.41) is 10.2. The van der Waals surface area contributed by atoms with Gasteiger partial charge in [-0.2, -0.15) is 0 Å². The molecule has 0 unspecified atom stereocenters. The molecule has 1 N–H and O–H groups in total. The van der Waals surface area contributed by atoms with Gasteiger partial charge in [-0.1, -0.05) is 66.0 Å². The van der Waals surface area contributed by atoms with Crippen LogP contribution in [0.25, 0.3) is 0 Å². The third kappa shape index (κ3) is 3.66. The molecular weight excluding hydrogens is 352 g/mol. The Balaban J connectivity index is 1.47. The Morgan fingerprint density at radius 1 is 1.07 bits per heavy atom. The van der Waals surface area contributed by atoms with Gasteiger partial charge in [-0.15, -0.1) is 0 Å². The van der Waals surface area contributed by atoms with Crippen LogP contribution in [0.2, 0.25) is 0 Å². The first-order valence-corrected chi connectivity index (χ1v) is 12.8. The maximum atomic E-state index is 10.2. The first-order chi connectivity index (χ1) is 14.9. The standard InChI is InChI=1S/C28H48O/c1-18(2)19(3)7-8-20(4)24-11-12-25-23-10-9-21-17-22(29)13-15-27(21,5)26(23)14-16-28(24,25)6/h9,18-20,22-26,29H,7-8,10-17H2,1-6H3/t19-,20-,22+,23+,24-,25+,26+,27+,28-/m0/s1/i3D3. The summed E-state index contributed by atoms with van der Waals surface area (Å²) < 4.78 is 23.9. The van der Waals surface area contributed by atoms with Crippen LogP contribution in [0, 0.1) is 52.3 Å². The summed E-state index contributed by atoms with van der Waals surface area (Å²) in [5.41, 5.74) is 2.30. The van der Waals surface area contributed by atoms with E-state index >= 15 is 0 Å². The highest BCUT2D eigenvalue weighted by molar-refractivity contribution is 5.25. The highest BCUT2D eigenvalue weighted by atomic mass is 16.3. The molecule has 9 atom stereocenters. The van der Waals surface area contributed by atoms with Crippen molar-refractivity contribution >= 4 is 0 Å². The normalized spacial score (nSPS) is 48.4. The number of aliphatic hydroxyl groups excluding tert-OH is 1. The van der Waals surface area contributed by atoms with E-state index < -0.39 is 6.85 Å². The number of fused-ring (bicyclic) bond motifs is 5. The molecule has 0 amide bonds. The Kier molecular flexibility index (Phi) is 5.04. The van der Waals surface area contributed by atoms with Crippen LogP contribution in [-0.2, 0) is 0 Å². The maximum absolute atomic E-state index is 10.2. The first-order valence-electron chi connectivity index (χ1n) is 14.3. The zero-order valence-corrected chi connectivity index (χ0v) is 19.7. The Morgan fingerprint density at radius 2 is 1.86 bits per heavy atom. The molecule has 1 nitrogen and oxygen atoms in total. The van der Waals surface area contributed by atoms with E-state index in [1.165, 1.54) is 32.1 Å². The SMILES string of the molecule is [2H]C([2H])([2H])[C@@H](CC[C@H](C)[C@@H]1CC[C@@H]2[C@H]3CC=C4C[C@H](O)CC[C@@]4(C)[C@@H]3CC[C@]21C)C(C)C. The van der Waals surface area contributed by atoms with Crippen LogP contribution >= 0.6 is 0 Å². The summed E-state index contributed by atoms with van der Waals surface area (Å²) >= 11 is 0. The number of hydrogen-bond acceptors (Lipinski definition) is 1. The van der Waals surface area contributed by atoms with Crippen molar-refractivity contribution in [2.24, 2.45) is 52.3 Å². The number of hydrogen-bond donors (Lipinski definition) is 1. The van der Waals surface area contributed by atoms with E-state index in [4.69, 9.17) is 4.11 Å². The van der Waals surface area contributed by atoms with Crippen molar-refractivity contribution in [1.29, 1.82) is 0 Å². The first kappa shape index (κ1) is 18.3. The molecule has 1 heteroatoms. The molecule has 166 valence electrons. The lowest BCUT2D eigenvalue weighted by Gasteiger charge is -2.58. The average molecular weight is 404 g/mol. The van der Waals surface area contributed by atoms with Crippen LogP contribution in [0.5, 0.6) is 0 Å². The van der Waals surface area contributed by atoms with Gasteiger partial charge in [0.2, 0.25) is 0 Å². The van der Waals surface area contributed by atoms with Gasteiger partial charge >= 0.3 is 0 Å². The summed E-state index contributed by atoms with van der Waals surface area (Å²) in [6.45, 7) is 9.85. The van der Waals surface area contributed by atoms with Crippen LogP contribution in [0.4, 0.5) is 0 Å². The van der Waals surface area contributed by atoms with Crippen molar-refractivity contribution in [3.8, 4) is 0 Å². The molecule has 0 aromatic rings. The van der Waals surface area contributed by atoms with Crippen LogP contribution in [0.3, 0.4) is 0 Å². The molecule has 4 rings (SSSR count). The second-order valence-corrected chi connectivity index (χ2v) is 12.3. The molecule has 0 heterocycles. The van der Waals surface area contributed by atoms with E-state index in [0.717, 1.165) is 55.8 Å². The van der Waals surface area contributed by atoms with Gasteiger partial charge in [0.05, 0.1) is 6.10 Å². The zero-order valence-electron chi connectivity index (χ0n) is 22.7. The maximum Gasteiger partial charge on any atom is 0.0577 e. The lowest BCUT2D eigenvalue weighted by molar-refractivity contribution is -0.0574. The molecule has 0 aromatic heterocycles. The third-order valence-corrected chi connectivity index (χ3v) is 10.6. The predicted molar refractivity (Wildman–Crippen MR) is 124 cm³/mol. The molecule has 29 heavy (non-hydrogen) atoms. The lowest BCUT2D eigenvalue weighted by atomic mass is 9.47. The van der Waals surface area contributed by atoms with Crippen molar-refractivity contribution in [2.75, 3.05) is 0 Å². The average Bonchev–Trinajstić information content (AvgIpc) is 3.04. The van der Waals surface area contributed by atoms with Crippen molar-refractivity contribution in [1.82, 2.24) is 0 Å². The van der Waals surface area contributed by atoms with Gasteiger partial charge in [0, 0.05) is 4.11 Å². The summed E-state index contributed by atoms with van der Waals surface area (Å²) in [7, 11) is 0. The van der Waals surface area contributed by atoms with Crippen LogP contribution in [0.15, 0.2) is 11.6 Å². The van der Waals surface area contributed by atoms with Gasteiger partial charge in [0.25, 0.3) is 0 Å². The van der Waals surface area contributed by atoms with E-state index in [-0.39, 0.29) is 17.9 Å². The highest BCUT2D eigenvalue weighted by Crippen LogP contribution is 2.67. The quantitative estimate of drug-likeness (QED) is 0.468. The Bertz CT molecular complexity index is 712. The molecule has 0 aromatic carbocycles. The summed E-state index contributed by atoms with van der Waals surface area (Å²) in [6, 6.07) is 0. The molecule has 0 aliphatic heterocycles. The van der Waals surface area contributed by atoms with E-state index in [0.29, 0.717) is 16.7 Å². The van der Waals surface area contributed by atoms with Crippen molar-refractivity contribution in [3.63, 3.8) is 0 Å². The lowest BCUT2D eigenvalue weighted by Crippen LogP contribution is -2.50. The fourth-order valence-electron chi connectivity index (χ4n) is 8.59. The van der Waals surface area contributed by atoms with E-state index in [1.807, 2.05) is 0 Å². The Labute approximate surface area is 185 Å². The molecule has 3 fully saturated rings. The van der Waals surface area contributed by atoms with Gasteiger partial charge < -0.3 is 5.11 Å². The molecule has 3 saturated carbocycles. The number of aliphatic hydroxyl groups is 1. The van der Waals surface area contributed by atoms with Crippen LogP contribution in [0.1, 0.15) is 110 Å². The van der Waals surface area contributed by atoms with Crippen molar-refractivity contribution in [2.45, 2.75) is 112 Å². The number of allylic oxidation sites excluding steroid dienone is 1. The molecule has 0 saturated heterocycles. The second-order valence-electron chi connectivity index (χ2n) is 12.3. The van der Waals surface area contributed by atoms with Crippen molar-refractivity contribution < 1.29 is 9.22 Å². The monoisotopic (exact) mass is 403 g/mol. The zero-order chi connectivity index (χ0) is 23.5. The summed E-state index contributed by atoms with van der Waals surface area (Å²) in [6.07, 6.45) is 13.9. The van der Waals surface area contributed by atoms with Gasteiger partial charge in [-0.05, 0) is 104 Å². The minimum atomic E-state index is -1.83. The Morgan fingerprint density at radius 3 is 2.59 bits per heavy atom. The highest BCUT2D eigenvalue weighted by Gasteiger charge is 2.59. The van der Waals surface area contributed by atoms with Gasteiger partial charge in [-0.3, -0.25) is 0 Å². The smallest absolute Gasteiger partial charge is 0.0577 e. The fraction of sp³-hybridized carbons (Fsp3) is 0.929. The number of rotatable bonds is 5. The molecule has 0 spiro atoms. The topological polar surface area (TPSA) is 20.2 Å². The minimum Gasteiger partial charge on any atom is -0.393 e. The largest absolute Gasteiger partial charge is 0.393 e. The van der Waals surface area contributed by atoms with Gasteiger partial charge in [0.15, 0.2) is 0 Å². The molecule has 0 radical (unpaired) electrons. The second kappa shape index (κ2) is 7.99. The third-order valence-electron chi connectivity index (χ3n) is 10.6. The molecule has 4 aliphatic rings. The molecular formula is C28H48O. The van der Waals surface area contributed by atoms with Gasteiger partial charge in [-0.25, -0.2) is 0 Å². The Hall–Kier alpha value is -0.300. The minimum absolute atomic E-state index is 0.124. The van der Waals surface area contributed by atoms with Crippen molar-refractivity contribution in [3.05, 3.63) is 11.6 Å². The molecule has 4 aliphatic carbocycles. The summed E-state index contributed by atoms with van der Waals surface area (Å²) in [4.78, 5) is 0. The predicted octanol–water partition coefficient (Wildman–Crippen LogP) is 7.63. The van der Waals surface area contributed by atoms with E-state index in [9.17, 15) is 5.11 Å². The van der Waals surface area contributed by atoms with Gasteiger partial charge in [0.1, 0.15) is 0 Å². The molecule has 0 bridgehead atoms. The van der Waals surface area contributed by atoms with Crippen LogP contribution in [-0.4, -0.2) is 11.2 Å². The van der Waals surface area contributed by atoms with Crippen LogP contribution < -0.4 is 0 Å². The van der Waals surface area contributed by atoms with E-state index in [1.54, 1.807) is 5.57 Å². The van der Waals surface area contributed by atoms with E-state index in [2.05, 4.69) is 40.7 Å².